The molecule has 1 fully saturated rings. The Bertz CT molecular complexity index is 350. The zero-order valence-electron chi connectivity index (χ0n) is 8.76. The second-order valence-electron chi connectivity index (χ2n) is 4.14. The van der Waals surface area contributed by atoms with E-state index in [1.165, 1.54) is 5.56 Å². The van der Waals surface area contributed by atoms with Crippen LogP contribution in [0.5, 0.6) is 0 Å². The predicted octanol–water partition coefficient (Wildman–Crippen LogP) is 1.56. The molecule has 1 heterocycles. The number of benzene rings is 1. The smallest absolute Gasteiger partial charge is 0.320 e. The van der Waals surface area contributed by atoms with Crippen LogP contribution < -0.4 is 0 Å². The van der Waals surface area contributed by atoms with Crippen molar-refractivity contribution in [2.45, 2.75) is 18.4 Å². The van der Waals surface area contributed by atoms with Crippen molar-refractivity contribution in [3.8, 4) is 0 Å². The lowest BCUT2D eigenvalue weighted by Gasteiger charge is -2.13. The summed E-state index contributed by atoms with van der Waals surface area (Å²) in [6, 6.07) is 9.81. The van der Waals surface area contributed by atoms with E-state index in [4.69, 9.17) is 5.11 Å². The Morgan fingerprint density at radius 3 is 2.60 bits per heavy atom. The fourth-order valence-corrected chi connectivity index (χ4v) is 2.25. The Kier molecular flexibility index (Phi) is 2.73. The zero-order valence-corrected chi connectivity index (χ0v) is 8.76. The molecule has 0 saturated carbocycles. The summed E-state index contributed by atoms with van der Waals surface area (Å²) in [5.74, 6) is -0.353. The Labute approximate surface area is 89.3 Å². The number of likely N-dealkylation sites (tertiary alicyclic amines) is 1. The lowest BCUT2D eigenvalue weighted by atomic mass is 9.96. The summed E-state index contributed by atoms with van der Waals surface area (Å²) in [6.45, 7) is 0.834. The highest BCUT2D eigenvalue weighted by atomic mass is 16.4. The Hall–Kier alpha value is -1.35. The zero-order chi connectivity index (χ0) is 10.8. The average molecular weight is 205 g/mol. The van der Waals surface area contributed by atoms with Crippen LogP contribution >= 0.6 is 0 Å². The molecule has 1 aliphatic heterocycles. The van der Waals surface area contributed by atoms with Crippen molar-refractivity contribution in [3.05, 3.63) is 35.9 Å². The van der Waals surface area contributed by atoms with Crippen LogP contribution in [-0.2, 0) is 4.79 Å². The fourth-order valence-electron chi connectivity index (χ4n) is 2.25. The van der Waals surface area contributed by atoms with Crippen molar-refractivity contribution in [1.29, 1.82) is 0 Å². The van der Waals surface area contributed by atoms with Crippen LogP contribution in [0.1, 0.15) is 17.9 Å². The van der Waals surface area contributed by atoms with Gasteiger partial charge >= 0.3 is 5.97 Å². The number of carboxylic acid groups (broad SMARTS) is 1. The lowest BCUT2D eigenvalue weighted by Crippen LogP contribution is -2.32. The number of carboxylic acids is 1. The van der Waals surface area contributed by atoms with Crippen molar-refractivity contribution >= 4 is 5.97 Å². The number of carbonyl (C=O) groups is 1. The summed E-state index contributed by atoms with van der Waals surface area (Å²) < 4.78 is 0. The minimum Gasteiger partial charge on any atom is -0.480 e. The molecule has 1 aliphatic rings. The van der Waals surface area contributed by atoms with Gasteiger partial charge in [-0.1, -0.05) is 30.3 Å². The molecule has 0 amide bonds. The van der Waals surface area contributed by atoms with Gasteiger partial charge in [0.1, 0.15) is 6.04 Å². The van der Waals surface area contributed by atoms with E-state index < -0.39 is 5.97 Å². The van der Waals surface area contributed by atoms with E-state index in [0.717, 1.165) is 13.0 Å². The van der Waals surface area contributed by atoms with E-state index in [1.807, 2.05) is 30.1 Å². The van der Waals surface area contributed by atoms with Crippen LogP contribution in [0, 0.1) is 0 Å². The molecule has 3 nitrogen and oxygen atoms in total. The van der Waals surface area contributed by atoms with E-state index in [-0.39, 0.29) is 6.04 Å². The standard InChI is InChI=1S/C12H15NO2/c1-13-8-10(7-11(13)12(14)15)9-5-3-2-4-6-9/h2-6,10-11H,7-8H2,1H3,(H,14,15)/t10-,11+/m1/s1. The topological polar surface area (TPSA) is 40.5 Å². The van der Waals surface area contributed by atoms with Crippen LogP contribution in [0.15, 0.2) is 30.3 Å². The predicted molar refractivity (Wildman–Crippen MR) is 57.9 cm³/mol. The molecule has 1 aromatic rings. The van der Waals surface area contributed by atoms with E-state index in [0.29, 0.717) is 5.92 Å². The third kappa shape index (κ3) is 2.02. The first-order valence-corrected chi connectivity index (χ1v) is 5.16. The highest BCUT2D eigenvalue weighted by Crippen LogP contribution is 2.30. The maximum absolute atomic E-state index is 10.9. The van der Waals surface area contributed by atoms with Gasteiger partial charge in [-0.3, -0.25) is 9.69 Å². The first-order valence-electron chi connectivity index (χ1n) is 5.16. The summed E-state index contributed by atoms with van der Waals surface area (Å²) in [6.07, 6.45) is 0.718. The van der Waals surface area contributed by atoms with Crippen LogP contribution in [0.4, 0.5) is 0 Å². The van der Waals surface area contributed by atoms with Gasteiger partial charge in [-0.05, 0) is 24.9 Å². The molecule has 1 saturated heterocycles. The maximum Gasteiger partial charge on any atom is 0.320 e. The molecule has 2 atom stereocenters. The average Bonchev–Trinajstić information content (AvgIpc) is 2.62. The summed E-state index contributed by atoms with van der Waals surface area (Å²) in [4.78, 5) is 12.9. The number of nitrogens with zero attached hydrogens (tertiary/aromatic N) is 1. The van der Waals surface area contributed by atoms with Gasteiger partial charge < -0.3 is 5.11 Å². The number of likely N-dealkylation sites (N-methyl/N-ethyl adjacent to an activating group) is 1. The Morgan fingerprint density at radius 2 is 2.07 bits per heavy atom. The Balaban J connectivity index is 2.13. The number of aliphatic carboxylic acids is 1. The molecule has 3 heteroatoms. The molecule has 0 spiro atoms. The van der Waals surface area contributed by atoms with Crippen molar-refractivity contribution in [2.24, 2.45) is 0 Å². The second kappa shape index (κ2) is 4.03. The monoisotopic (exact) mass is 205 g/mol. The summed E-state index contributed by atoms with van der Waals surface area (Å²) >= 11 is 0. The van der Waals surface area contributed by atoms with Crippen LogP contribution in [-0.4, -0.2) is 35.6 Å². The number of hydrogen-bond acceptors (Lipinski definition) is 2. The minimum atomic E-state index is -0.712. The van der Waals surface area contributed by atoms with E-state index in [1.54, 1.807) is 0 Å². The number of hydrogen-bond donors (Lipinski definition) is 1. The third-order valence-electron chi connectivity index (χ3n) is 3.10. The van der Waals surface area contributed by atoms with Gasteiger partial charge in [-0.25, -0.2) is 0 Å². The molecule has 0 unspecified atom stereocenters. The highest BCUT2D eigenvalue weighted by Gasteiger charge is 2.34. The van der Waals surface area contributed by atoms with Crippen LogP contribution in [0.3, 0.4) is 0 Å². The van der Waals surface area contributed by atoms with Gasteiger partial charge in [-0.2, -0.15) is 0 Å². The SMILES string of the molecule is CN1C[C@H](c2ccccc2)C[C@H]1C(=O)O. The molecule has 0 aliphatic carbocycles. The maximum atomic E-state index is 10.9. The molecule has 1 aromatic carbocycles. The summed E-state index contributed by atoms with van der Waals surface area (Å²) in [5, 5.41) is 9.01. The molecular formula is C12H15NO2. The second-order valence-corrected chi connectivity index (χ2v) is 4.14. The molecule has 80 valence electrons. The highest BCUT2D eigenvalue weighted by molar-refractivity contribution is 5.74. The van der Waals surface area contributed by atoms with Crippen molar-refractivity contribution < 1.29 is 9.90 Å². The summed E-state index contributed by atoms with van der Waals surface area (Å²) in [7, 11) is 1.88. The first kappa shape index (κ1) is 10.2. The largest absolute Gasteiger partial charge is 0.480 e. The Morgan fingerprint density at radius 1 is 1.40 bits per heavy atom. The molecule has 0 aromatic heterocycles. The van der Waals surface area contributed by atoms with E-state index in [2.05, 4.69) is 12.1 Å². The molecule has 0 bridgehead atoms. The van der Waals surface area contributed by atoms with Gasteiger partial charge in [-0.15, -0.1) is 0 Å². The van der Waals surface area contributed by atoms with Crippen LogP contribution in [0.25, 0.3) is 0 Å². The fraction of sp³-hybridized carbons (Fsp3) is 0.417. The van der Waals surface area contributed by atoms with Crippen molar-refractivity contribution in [1.82, 2.24) is 4.90 Å². The minimum absolute atomic E-state index is 0.324. The van der Waals surface area contributed by atoms with Crippen LogP contribution in [0.2, 0.25) is 0 Å². The molecular weight excluding hydrogens is 190 g/mol. The molecule has 1 N–H and O–H groups in total. The van der Waals surface area contributed by atoms with Gasteiger partial charge in [0.15, 0.2) is 0 Å². The lowest BCUT2D eigenvalue weighted by molar-refractivity contribution is -0.141. The van der Waals surface area contributed by atoms with Gasteiger partial charge in [0, 0.05) is 6.54 Å². The van der Waals surface area contributed by atoms with Gasteiger partial charge in [0.25, 0.3) is 0 Å². The molecule has 15 heavy (non-hydrogen) atoms. The summed E-state index contributed by atoms with van der Waals surface area (Å²) in [5.41, 5.74) is 1.24. The van der Waals surface area contributed by atoms with Crippen molar-refractivity contribution in [3.63, 3.8) is 0 Å². The first-order chi connectivity index (χ1) is 7.18. The normalized spacial score (nSPS) is 26.7. The quantitative estimate of drug-likeness (QED) is 0.796. The third-order valence-corrected chi connectivity index (χ3v) is 3.10. The van der Waals surface area contributed by atoms with Gasteiger partial charge in [0.2, 0.25) is 0 Å². The molecule has 2 rings (SSSR count). The van der Waals surface area contributed by atoms with Gasteiger partial charge in [0.05, 0.1) is 0 Å². The molecule has 0 radical (unpaired) electrons. The number of rotatable bonds is 2. The van der Waals surface area contributed by atoms with E-state index in [9.17, 15) is 4.79 Å². The van der Waals surface area contributed by atoms with E-state index >= 15 is 0 Å². The van der Waals surface area contributed by atoms with Crippen molar-refractivity contribution in [2.75, 3.05) is 13.6 Å².